The molecule has 0 aliphatic carbocycles. The van der Waals surface area contributed by atoms with Gasteiger partial charge in [-0.05, 0) is 12.1 Å². The Morgan fingerprint density at radius 3 is 2.21 bits per heavy atom. The molecular formula is C11H12O3. The summed E-state index contributed by atoms with van der Waals surface area (Å²) in [5, 5.41) is 0. The van der Waals surface area contributed by atoms with Crippen LogP contribution >= 0.6 is 0 Å². The SMILES string of the molecule is CC(C)(C)C(=O)c1ccc2ooc2c1. The third kappa shape index (κ3) is 1.35. The fourth-order valence-electron chi connectivity index (χ4n) is 1.27. The Hall–Kier alpha value is -1.51. The van der Waals surface area contributed by atoms with Crippen molar-refractivity contribution in [3.05, 3.63) is 23.8 Å². The molecule has 0 fully saturated rings. The van der Waals surface area contributed by atoms with Gasteiger partial charge in [0.05, 0.1) is 0 Å². The van der Waals surface area contributed by atoms with Crippen molar-refractivity contribution in [2.45, 2.75) is 20.8 Å². The highest BCUT2D eigenvalue weighted by molar-refractivity contribution is 6.01. The normalized spacial score (nSPS) is 12.2. The monoisotopic (exact) mass is 192 g/mol. The summed E-state index contributed by atoms with van der Waals surface area (Å²) in [6.07, 6.45) is 0. The van der Waals surface area contributed by atoms with Crippen LogP contribution in [0.1, 0.15) is 31.1 Å². The summed E-state index contributed by atoms with van der Waals surface area (Å²) in [5.74, 6) is 0.107. The molecule has 0 saturated carbocycles. The second-order valence-corrected chi connectivity index (χ2v) is 4.41. The molecule has 2 rings (SSSR count). The van der Waals surface area contributed by atoms with Gasteiger partial charge < -0.3 is 0 Å². The Bertz CT molecular complexity index is 468. The molecule has 0 unspecified atom stereocenters. The minimum Gasteiger partial charge on any atom is -0.294 e. The molecule has 0 bridgehead atoms. The number of carbonyl (C=O) groups is 1. The molecule has 3 heteroatoms. The number of fused-ring (bicyclic) bond motifs is 1. The van der Waals surface area contributed by atoms with Gasteiger partial charge in [0.15, 0.2) is 5.78 Å². The van der Waals surface area contributed by atoms with Crippen LogP contribution in [0.4, 0.5) is 0 Å². The molecular weight excluding hydrogens is 180 g/mol. The van der Waals surface area contributed by atoms with Crippen LogP contribution in [-0.2, 0) is 0 Å². The second-order valence-electron chi connectivity index (χ2n) is 4.41. The Labute approximate surface area is 81.6 Å². The average molecular weight is 192 g/mol. The number of hydrogen-bond donors (Lipinski definition) is 0. The van der Waals surface area contributed by atoms with E-state index in [9.17, 15) is 4.79 Å². The maximum atomic E-state index is 11.9. The lowest BCUT2D eigenvalue weighted by Gasteiger charge is -2.16. The van der Waals surface area contributed by atoms with Crippen LogP contribution < -0.4 is 0 Å². The molecule has 3 nitrogen and oxygen atoms in total. The van der Waals surface area contributed by atoms with Crippen LogP contribution in [0.3, 0.4) is 0 Å². The molecule has 0 N–H and O–H groups in total. The molecule has 2 aromatic rings. The Balaban J connectivity index is 2.41. The largest absolute Gasteiger partial charge is 0.294 e. The lowest BCUT2D eigenvalue weighted by molar-refractivity contribution is 0.0586. The van der Waals surface area contributed by atoms with Crippen molar-refractivity contribution in [3.63, 3.8) is 0 Å². The van der Waals surface area contributed by atoms with E-state index in [-0.39, 0.29) is 11.2 Å². The van der Waals surface area contributed by atoms with Gasteiger partial charge in [0.2, 0.25) is 11.2 Å². The molecule has 1 heterocycles. The zero-order chi connectivity index (χ0) is 10.3. The predicted octanol–water partition coefficient (Wildman–Crippen LogP) is 3.25. The van der Waals surface area contributed by atoms with Gasteiger partial charge in [0, 0.05) is 17.0 Å². The zero-order valence-corrected chi connectivity index (χ0v) is 8.46. The summed E-state index contributed by atoms with van der Waals surface area (Å²) in [6, 6.07) is 5.22. The number of carbonyl (C=O) groups excluding carboxylic acids is 1. The van der Waals surface area contributed by atoms with Gasteiger partial charge in [-0.3, -0.25) is 13.9 Å². The summed E-state index contributed by atoms with van der Waals surface area (Å²) >= 11 is 0. The molecule has 0 atom stereocenters. The topological polar surface area (TPSA) is 43.4 Å². The maximum Gasteiger partial charge on any atom is 0.226 e. The number of ketones is 1. The van der Waals surface area contributed by atoms with Gasteiger partial charge in [0.1, 0.15) is 0 Å². The molecule has 74 valence electrons. The first kappa shape index (κ1) is 9.06. The highest BCUT2D eigenvalue weighted by Crippen LogP contribution is 2.25. The van der Waals surface area contributed by atoms with E-state index in [0.29, 0.717) is 16.7 Å². The van der Waals surface area contributed by atoms with E-state index in [0.717, 1.165) is 0 Å². The summed E-state index contributed by atoms with van der Waals surface area (Å²) < 4.78 is 9.41. The van der Waals surface area contributed by atoms with Crippen LogP contribution in [0.2, 0.25) is 0 Å². The maximum absolute atomic E-state index is 11.9. The minimum absolute atomic E-state index is 0.107. The smallest absolute Gasteiger partial charge is 0.226 e. The van der Waals surface area contributed by atoms with Crippen molar-refractivity contribution >= 4 is 16.9 Å². The standard InChI is InChI=1S/C11H12O3/c1-11(2,3)10(12)7-4-5-8-9(6-7)14-13-8/h4-6H,1-3H3. The number of hydrogen-bond acceptors (Lipinski definition) is 3. The van der Waals surface area contributed by atoms with Crippen LogP contribution in [0.15, 0.2) is 27.4 Å². The first-order chi connectivity index (χ1) is 6.48. The molecule has 14 heavy (non-hydrogen) atoms. The fourth-order valence-corrected chi connectivity index (χ4v) is 1.27. The predicted molar refractivity (Wildman–Crippen MR) is 52.3 cm³/mol. The van der Waals surface area contributed by atoms with Crippen molar-refractivity contribution in [2.75, 3.05) is 0 Å². The molecule has 1 aromatic carbocycles. The molecule has 0 aliphatic rings. The van der Waals surface area contributed by atoms with Gasteiger partial charge in [-0.2, -0.15) is 0 Å². The van der Waals surface area contributed by atoms with Crippen LogP contribution in [0.25, 0.3) is 11.2 Å². The quantitative estimate of drug-likeness (QED) is 0.514. The van der Waals surface area contributed by atoms with E-state index in [2.05, 4.69) is 4.58 Å². The first-order valence-corrected chi connectivity index (χ1v) is 4.52. The number of Topliss-reactive ketones (excluding diaryl/α,β-unsaturated/α-hetero) is 1. The van der Waals surface area contributed by atoms with Gasteiger partial charge in [0.25, 0.3) is 0 Å². The summed E-state index contributed by atoms with van der Waals surface area (Å²) in [7, 11) is 0. The van der Waals surface area contributed by atoms with Gasteiger partial charge >= 0.3 is 0 Å². The third-order valence-corrected chi connectivity index (χ3v) is 2.11. The van der Waals surface area contributed by atoms with Gasteiger partial charge in [-0.1, -0.05) is 20.8 Å². The minimum atomic E-state index is -0.362. The van der Waals surface area contributed by atoms with E-state index < -0.39 is 0 Å². The van der Waals surface area contributed by atoms with Crippen molar-refractivity contribution in [2.24, 2.45) is 5.41 Å². The molecule has 0 spiro atoms. The number of benzene rings is 1. The second kappa shape index (κ2) is 2.74. The molecule has 0 amide bonds. The van der Waals surface area contributed by atoms with Crippen LogP contribution in [0.5, 0.6) is 0 Å². The molecule has 0 aliphatic heterocycles. The van der Waals surface area contributed by atoms with Gasteiger partial charge in [-0.15, -0.1) is 0 Å². The lowest BCUT2D eigenvalue weighted by Crippen LogP contribution is -2.20. The highest BCUT2D eigenvalue weighted by atomic mass is 17.0. The molecule has 0 radical (unpaired) electrons. The van der Waals surface area contributed by atoms with E-state index in [1.54, 1.807) is 18.2 Å². The third-order valence-electron chi connectivity index (χ3n) is 2.11. The van der Waals surface area contributed by atoms with Gasteiger partial charge in [-0.25, -0.2) is 0 Å². The first-order valence-electron chi connectivity index (χ1n) is 4.52. The molecule has 1 aromatic heterocycles. The Morgan fingerprint density at radius 2 is 1.79 bits per heavy atom. The number of rotatable bonds is 1. The fraction of sp³-hybridized carbons (Fsp3) is 0.364. The van der Waals surface area contributed by atoms with Crippen molar-refractivity contribution in [1.29, 1.82) is 0 Å². The Kier molecular flexibility index (Phi) is 1.77. The summed E-state index contributed by atoms with van der Waals surface area (Å²) in [6.45, 7) is 5.68. The van der Waals surface area contributed by atoms with Crippen LogP contribution in [-0.4, -0.2) is 5.78 Å². The highest BCUT2D eigenvalue weighted by Gasteiger charge is 2.23. The van der Waals surface area contributed by atoms with Crippen molar-refractivity contribution < 1.29 is 13.9 Å². The van der Waals surface area contributed by atoms with E-state index in [4.69, 9.17) is 4.58 Å². The molecule has 0 saturated heterocycles. The van der Waals surface area contributed by atoms with E-state index >= 15 is 0 Å². The average Bonchev–Trinajstić information content (AvgIpc) is 2.04. The van der Waals surface area contributed by atoms with Crippen LogP contribution in [0, 0.1) is 5.41 Å². The summed E-state index contributed by atoms with van der Waals surface area (Å²) in [4.78, 5) is 11.9. The zero-order valence-electron chi connectivity index (χ0n) is 8.46. The van der Waals surface area contributed by atoms with E-state index in [1.165, 1.54) is 0 Å². The van der Waals surface area contributed by atoms with E-state index in [1.807, 2.05) is 20.8 Å². The lowest BCUT2D eigenvalue weighted by atomic mass is 9.86. The van der Waals surface area contributed by atoms with Crippen molar-refractivity contribution in [3.8, 4) is 0 Å². The summed E-state index contributed by atoms with van der Waals surface area (Å²) in [5.41, 5.74) is 1.63. The van der Waals surface area contributed by atoms with Crippen molar-refractivity contribution in [1.82, 2.24) is 0 Å². The Morgan fingerprint density at radius 1 is 1.14 bits per heavy atom.